The minimum absolute atomic E-state index is 0.104. The number of hydrogen-bond donors (Lipinski definition) is 1. The number of hydrogen-bond acceptors (Lipinski definition) is 4. The second kappa shape index (κ2) is 7.23. The Labute approximate surface area is 141 Å². The Kier molecular flexibility index (Phi) is 5.08. The van der Waals surface area contributed by atoms with Crippen LogP contribution in [0.3, 0.4) is 0 Å². The molecule has 0 unspecified atom stereocenters. The Bertz CT molecular complexity index is 682. The van der Waals surface area contributed by atoms with Crippen molar-refractivity contribution in [1.82, 2.24) is 15.2 Å². The molecule has 0 spiro atoms. The molecule has 5 heteroatoms. The smallest absolute Gasteiger partial charge is 0.236 e. The summed E-state index contributed by atoms with van der Waals surface area (Å²) < 4.78 is 0. The van der Waals surface area contributed by atoms with Crippen molar-refractivity contribution in [3.8, 4) is 0 Å². The molecule has 1 atom stereocenters. The number of nitrogens with zero attached hydrogens (tertiary/aromatic N) is 2. The van der Waals surface area contributed by atoms with Crippen LogP contribution in [0.15, 0.2) is 29.6 Å². The molecule has 0 bridgehead atoms. The first-order valence-corrected chi connectivity index (χ1v) is 9.07. The Morgan fingerprint density at radius 2 is 2.17 bits per heavy atom. The number of carbonyl (C=O) groups excluding carboxylic acids is 1. The van der Waals surface area contributed by atoms with Gasteiger partial charge in [0.25, 0.3) is 0 Å². The van der Waals surface area contributed by atoms with Gasteiger partial charge in [0.1, 0.15) is 0 Å². The van der Waals surface area contributed by atoms with Gasteiger partial charge in [0.15, 0.2) is 0 Å². The van der Waals surface area contributed by atoms with Gasteiger partial charge < -0.3 is 10.2 Å². The highest BCUT2D eigenvalue weighted by molar-refractivity contribution is 7.09. The molecule has 0 fully saturated rings. The van der Waals surface area contributed by atoms with Crippen molar-refractivity contribution in [2.45, 2.75) is 39.3 Å². The second-order valence-electron chi connectivity index (χ2n) is 5.96. The van der Waals surface area contributed by atoms with Crippen molar-refractivity contribution >= 4 is 17.2 Å². The third kappa shape index (κ3) is 3.79. The molecule has 1 aromatic carbocycles. The molecule has 2 heterocycles. The highest BCUT2D eigenvalue weighted by Gasteiger charge is 2.20. The summed E-state index contributed by atoms with van der Waals surface area (Å²) in [6.07, 6.45) is 1.91. The highest BCUT2D eigenvalue weighted by atomic mass is 32.1. The summed E-state index contributed by atoms with van der Waals surface area (Å²) in [5.74, 6) is 0.164. The molecule has 0 saturated carbocycles. The first-order valence-electron chi connectivity index (χ1n) is 8.19. The first kappa shape index (κ1) is 16.1. The van der Waals surface area contributed by atoms with Crippen LogP contribution in [-0.2, 0) is 24.2 Å². The van der Waals surface area contributed by atoms with E-state index in [0.29, 0.717) is 6.54 Å². The molecule has 1 aliphatic rings. The second-order valence-corrected chi connectivity index (χ2v) is 6.90. The number of aryl methyl sites for hydroxylation is 1. The minimum Gasteiger partial charge on any atom is -0.337 e. The van der Waals surface area contributed by atoms with Gasteiger partial charge in [-0.3, -0.25) is 4.79 Å². The zero-order valence-electron chi connectivity index (χ0n) is 13.7. The molecule has 1 amide bonds. The fourth-order valence-corrected chi connectivity index (χ4v) is 3.69. The van der Waals surface area contributed by atoms with Crippen molar-refractivity contribution in [3.05, 3.63) is 51.5 Å². The zero-order valence-corrected chi connectivity index (χ0v) is 14.5. The fraction of sp³-hybridized carbons (Fsp3) is 0.444. The van der Waals surface area contributed by atoms with E-state index in [2.05, 4.69) is 47.7 Å². The summed E-state index contributed by atoms with van der Waals surface area (Å²) in [7, 11) is 0. The average Bonchev–Trinajstić information content (AvgIpc) is 3.08. The first-order chi connectivity index (χ1) is 11.2. The lowest BCUT2D eigenvalue weighted by molar-refractivity contribution is -0.131. The van der Waals surface area contributed by atoms with Crippen LogP contribution >= 0.6 is 11.3 Å². The summed E-state index contributed by atoms with van der Waals surface area (Å²) in [6, 6.07) is 8.49. The van der Waals surface area contributed by atoms with Gasteiger partial charge in [0, 0.05) is 24.5 Å². The lowest BCUT2D eigenvalue weighted by atomic mass is 10.00. The van der Waals surface area contributed by atoms with Crippen LogP contribution in [0.2, 0.25) is 0 Å². The van der Waals surface area contributed by atoms with E-state index in [1.54, 1.807) is 11.3 Å². The quantitative estimate of drug-likeness (QED) is 0.917. The minimum atomic E-state index is 0.104. The Morgan fingerprint density at radius 3 is 2.91 bits per heavy atom. The number of aromatic nitrogens is 1. The van der Waals surface area contributed by atoms with Gasteiger partial charge in [-0.2, -0.15) is 0 Å². The molecule has 0 saturated heterocycles. The van der Waals surface area contributed by atoms with E-state index < -0.39 is 0 Å². The molecule has 4 nitrogen and oxygen atoms in total. The molecular weight excluding hydrogens is 306 g/mol. The standard InChI is InChI=1S/C18H23N3OS/c1-3-17-20-16(12-23-17)13(2)19-10-18(22)21-9-8-14-6-4-5-7-15(14)11-21/h4-7,12-13,19H,3,8-11H2,1-2H3/t13-/m0/s1. The van der Waals surface area contributed by atoms with Gasteiger partial charge in [0.2, 0.25) is 5.91 Å². The van der Waals surface area contributed by atoms with Gasteiger partial charge in [-0.05, 0) is 30.9 Å². The summed E-state index contributed by atoms with van der Waals surface area (Å²) in [5, 5.41) is 6.54. The van der Waals surface area contributed by atoms with Crippen molar-refractivity contribution in [3.63, 3.8) is 0 Å². The zero-order chi connectivity index (χ0) is 16.2. The number of fused-ring (bicyclic) bond motifs is 1. The normalized spacial score (nSPS) is 15.3. The number of rotatable bonds is 5. The van der Waals surface area contributed by atoms with Crippen molar-refractivity contribution in [2.24, 2.45) is 0 Å². The lowest BCUT2D eigenvalue weighted by Crippen LogP contribution is -2.41. The number of thiazole rings is 1. The lowest BCUT2D eigenvalue weighted by Gasteiger charge is -2.29. The van der Waals surface area contributed by atoms with E-state index in [4.69, 9.17) is 0 Å². The van der Waals surface area contributed by atoms with Crippen LogP contribution in [0.25, 0.3) is 0 Å². The van der Waals surface area contributed by atoms with Gasteiger partial charge in [-0.15, -0.1) is 11.3 Å². The van der Waals surface area contributed by atoms with E-state index in [1.807, 2.05) is 11.0 Å². The summed E-state index contributed by atoms with van der Waals surface area (Å²) in [6.45, 7) is 6.07. The largest absolute Gasteiger partial charge is 0.337 e. The topological polar surface area (TPSA) is 45.2 Å². The summed E-state index contributed by atoms with van der Waals surface area (Å²) in [5.41, 5.74) is 3.67. The van der Waals surface area contributed by atoms with Gasteiger partial charge in [0.05, 0.1) is 17.2 Å². The third-order valence-electron chi connectivity index (χ3n) is 4.36. The van der Waals surface area contributed by atoms with Crippen LogP contribution in [0, 0.1) is 0 Å². The highest BCUT2D eigenvalue weighted by Crippen LogP contribution is 2.19. The van der Waals surface area contributed by atoms with Crippen LogP contribution in [0.5, 0.6) is 0 Å². The number of nitrogens with one attached hydrogen (secondary N) is 1. The van der Waals surface area contributed by atoms with Gasteiger partial charge in [-0.25, -0.2) is 4.98 Å². The van der Waals surface area contributed by atoms with Crippen LogP contribution in [-0.4, -0.2) is 28.9 Å². The number of benzene rings is 1. The SMILES string of the molecule is CCc1nc([C@H](C)NCC(=O)N2CCc3ccccc3C2)cs1. The maximum Gasteiger partial charge on any atom is 0.236 e. The van der Waals surface area contributed by atoms with Gasteiger partial charge in [-0.1, -0.05) is 31.2 Å². The maximum absolute atomic E-state index is 12.5. The van der Waals surface area contributed by atoms with E-state index >= 15 is 0 Å². The average molecular weight is 329 g/mol. The molecule has 1 aromatic heterocycles. The van der Waals surface area contributed by atoms with Crippen LogP contribution in [0.4, 0.5) is 0 Å². The molecule has 1 N–H and O–H groups in total. The van der Waals surface area contributed by atoms with E-state index in [1.165, 1.54) is 11.1 Å². The fourth-order valence-electron chi connectivity index (χ4n) is 2.85. The van der Waals surface area contributed by atoms with Crippen LogP contribution < -0.4 is 5.32 Å². The maximum atomic E-state index is 12.5. The molecule has 23 heavy (non-hydrogen) atoms. The Balaban J connectivity index is 1.53. The van der Waals surface area contributed by atoms with Gasteiger partial charge >= 0.3 is 0 Å². The van der Waals surface area contributed by atoms with Crippen LogP contribution in [0.1, 0.15) is 41.7 Å². The van der Waals surface area contributed by atoms with E-state index in [0.717, 1.165) is 36.6 Å². The molecule has 0 radical (unpaired) electrons. The summed E-state index contributed by atoms with van der Waals surface area (Å²) >= 11 is 1.69. The summed E-state index contributed by atoms with van der Waals surface area (Å²) in [4.78, 5) is 19.0. The Hall–Kier alpha value is -1.72. The monoisotopic (exact) mass is 329 g/mol. The Morgan fingerprint density at radius 1 is 1.39 bits per heavy atom. The number of amides is 1. The van der Waals surface area contributed by atoms with E-state index in [9.17, 15) is 4.79 Å². The molecular formula is C18H23N3OS. The van der Waals surface area contributed by atoms with Crippen molar-refractivity contribution in [1.29, 1.82) is 0 Å². The predicted octanol–water partition coefficient (Wildman–Crippen LogP) is 2.94. The third-order valence-corrected chi connectivity index (χ3v) is 5.37. The molecule has 1 aliphatic heterocycles. The molecule has 2 aromatic rings. The van der Waals surface area contributed by atoms with Crippen molar-refractivity contribution < 1.29 is 4.79 Å². The molecule has 122 valence electrons. The predicted molar refractivity (Wildman–Crippen MR) is 93.5 cm³/mol. The molecule has 0 aliphatic carbocycles. The molecule has 3 rings (SSSR count). The van der Waals surface area contributed by atoms with E-state index in [-0.39, 0.29) is 11.9 Å². The number of carbonyl (C=O) groups is 1. The van der Waals surface area contributed by atoms with Crippen molar-refractivity contribution in [2.75, 3.05) is 13.1 Å².